The Kier molecular flexibility index (Phi) is 7.80. The van der Waals surface area contributed by atoms with Crippen molar-refractivity contribution in [1.82, 2.24) is 0 Å². The van der Waals surface area contributed by atoms with Crippen LogP contribution in [0.3, 0.4) is 0 Å². The number of carbonyl (C=O) groups is 2. The Morgan fingerprint density at radius 2 is 1.82 bits per heavy atom. The number of rotatable bonds is 9. The van der Waals surface area contributed by atoms with Gasteiger partial charge in [0, 0.05) is 0 Å². The Morgan fingerprint density at radius 1 is 1.12 bits per heavy atom. The van der Waals surface area contributed by atoms with Gasteiger partial charge in [-0.05, 0) is 0 Å². The fraction of sp³-hybridized carbons (Fsp3) is 0.308. The van der Waals surface area contributed by atoms with E-state index < -0.39 is 37.8 Å². The van der Waals surface area contributed by atoms with E-state index in [1.807, 2.05) is 30.3 Å². The number of carboxylic acids is 2. The maximum absolute atomic E-state index is 14.1. The predicted octanol–water partition coefficient (Wildman–Crippen LogP) is 5.81. The molecule has 2 aromatic carbocycles. The van der Waals surface area contributed by atoms with Crippen molar-refractivity contribution >= 4 is 32.2 Å². The van der Waals surface area contributed by atoms with Crippen LogP contribution in [-0.2, 0) is 16.2 Å². The van der Waals surface area contributed by atoms with E-state index in [4.69, 9.17) is 4.74 Å². The zero-order valence-electron chi connectivity index (χ0n) is 19.0. The van der Waals surface area contributed by atoms with Crippen LogP contribution in [0.4, 0.5) is 4.39 Å². The molecule has 5 nitrogen and oxygen atoms in total. The molecule has 2 N–H and O–H groups in total. The van der Waals surface area contributed by atoms with Crippen molar-refractivity contribution in [1.29, 1.82) is 0 Å². The molecule has 1 atom stereocenters. The van der Waals surface area contributed by atoms with Gasteiger partial charge in [-0.2, -0.15) is 0 Å². The first-order chi connectivity index (χ1) is 15.6. The van der Waals surface area contributed by atoms with Crippen LogP contribution in [0.2, 0.25) is 16.6 Å². The number of benzene rings is 2. The quantitative estimate of drug-likeness (QED) is 0.413. The summed E-state index contributed by atoms with van der Waals surface area (Å²) in [6, 6.07) is 13.5. The Hall–Kier alpha value is -2.85. The topological polar surface area (TPSA) is 83.8 Å². The summed E-state index contributed by atoms with van der Waals surface area (Å²) in [6.07, 6.45) is 1.96. The third-order valence-corrected chi connectivity index (χ3v) is 8.28. The number of hydrogen-bond acceptors (Lipinski definition) is 3. The van der Waals surface area contributed by atoms with Crippen molar-refractivity contribution in [2.24, 2.45) is 5.41 Å². The van der Waals surface area contributed by atoms with E-state index in [2.05, 4.69) is 11.4 Å². The number of ether oxygens (including phenoxy) is 1. The molecule has 3 rings (SSSR count). The molecule has 1 unspecified atom stereocenters. The second-order valence-electron chi connectivity index (χ2n) is 8.57. The van der Waals surface area contributed by atoms with Crippen LogP contribution < -0.4 is 4.74 Å². The zero-order valence-corrected chi connectivity index (χ0v) is 20.8. The molecule has 0 amide bonds. The number of hydrogen-bond donors (Lipinski definition) is 2. The molecule has 33 heavy (non-hydrogen) atoms. The van der Waals surface area contributed by atoms with Gasteiger partial charge in [0.05, 0.1) is 0 Å². The Bertz CT molecular complexity index is 1110. The van der Waals surface area contributed by atoms with Crippen molar-refractivity contribution in [3.05, 3.63) is 82.7 Å². The van der Waals surface area contributed by atoms with Crippen LogP contribution in [0.25, 0.3) is 5.57 Å². The molecule has 1 aliphatic rings. The van der Waals surface area contributed by atoms with Crippen LogP contribution >= 0.6 is 0 Å². The van der Waals surface area contributed by atoms with Crippen molar-refractivity contribution in [2.45, 2.75) is 43.0 Å². The molecule has 0 radical (unpaired) electrons. The summed E-state index contributed by atoms with van der Waals surface area (Å²) in [5.41, 5.74) is 5.34. The monoisotopic (exact) mass is 514 g/mol. The third-order valence-electron chi connectivity index (χ3n) is 5.93. The molecule has 0 saturated carbocycles. The summed E-state index contributed by atoms with van der Waals surface area (Å²) in [6.45, 7) is 1.87. The average molecular weight is 514 g/mol. The minimum atomic E-state index is -1.33. The number of allylic oxidation sites excluding steroid dienone is 2. The molecule has 0 bridgehead atoms. The summed E-state index contributed by atoms with van der Waals surface area (Å²) < 4.78 is 20.1. The number of halogens is 1. The summed E-state index contributed by atoms with van der Waals surface area (Å²) in [5, 5.41) is 20.8. The maximum atomic E-state index is 14.1. The van der Waals surface area contributed by atoms with E-state index in [1.54, 1.807) is 13.0 Å². The van der Waals surface area contributed by atoms with E-state index in [0.717, 1.165) is 10.8 Å². The van der Waals surface area contributed by atoms with E-state index in [9.17, 15) is 24.2 Å². The zero-order chi connectivity index (χ0) is 24.2. The van der Waals surface area contributed by atoms with Crippen LogP contribution in [0.5, 0.6) is 5.75 Å². The van der Waals surface area contributed by atoms with Crippen LogP contribution in [0, 0.1) is 11.2 Å². The first-order valence-corrected chi connectivity index (χ1v) is 15.7. The first-order valence-electron chi connectivity index (χ1n) is 10.6. The molecule has 2 aromatic rings. The molecular formula is C26H28AsFO5. The minimum absolute atomic E-state index is 0.0690. The van der Waals surface area contributed by atoms with Gasteiger partial charge in [0.1, 0.15) is 0 Å². The summed E-state index contributed by atoms with van der Waals surface area (Å²) in [4.78, 5) is 24.5. The van der Waals surface area contributed by atoms with Crippen LogP contribution in [-0.4, -0.2) is 36.8 Å². The summed E-state index contributed by atoms with van der Waals surface area (Å²) >= 11 is -1.14. The van der Waals surface area contributed by atoms with Crippen LogP contribution in [0.1, 0.15) is 30.9 Å². The Labute approximate surface area is 197 Å². The average Bonchev–Trinajstić information content (AvgIpc) is 2.77. The van der Waals surface area contributed by atoms with Gasteiger partial charge in [0.15, 0.2) is 0 Å². The number of carboxylic acid groups (broad SMARTS) is 2. The second-order valence-corrected chi connectivity index (χ2v) is 14.0. The SMILES string of the molecule is CC1=C(C(=O)O)CC(CC[As](C)C)(C(=O)O)C=C1c1ccc(F)cc1OCc1ccccc1. The van der Waals surface area contributed by atoms with E-state index >= 15 is 0 Å². The standard InChI is InChI=1S/C26H28AsFO5/c1-17-21(14-26(25(31)32,11-12-27(2)3)15-22(17)24(29)30)20-10-9-19(28)13-23(20)33-16-18-7-5-4-6-8-18/h4-10,13-14H,11-12,15-16H2,1-3H3,(H,29,30)(H,31,32). The van der Waals surface area contributed by atoms with Gasteiger partial charge in [-0.3, -0.25) is 0 Å². The molecule has 174 valence electrons. The first kappa shape index (κ1) is 24.8. The summed E-state index contributed by atoms with van der Waals surface area (Å²) in [5.74, 6) is -2.43. The van der Waals surface area contributed by atoms with Gasteiger partial charge in [0.25, 0.3) is 0 Å². The van der Waals surface area contributed by atoms with Crippen LogP contribution in [0.15, 0.2) is 65.8 Å². The Balaban J connectivity index is 2.11. The molecular weight excluding hydrogens is 486 g/mol. The van der Waals surface area contributed by atoms with Gasteiger partial charge in [-0.1, -0.05) is 6.07 Å². The van der Waals surface area contributed by atoms with Crippen molar-refractivity contribution in [3.8, 4) is 5.75 Å². The van der Waals surface area contributed by atoms with Crippen molar-refractivity contribution in [2.75, 3.05) is 0 Å². The third kappa shape index (κ3) is 5.75. The molecule has 7 heteroatoms. The molecule has 0 heterocycles. The second kappa shape index (κ2) is 10.4. The molecule has 0 aliphatic heterocycles. The fourth-order valence-corrected chi connectivity index (χ4v) is 5.74. The van der Waals surface area contributed by atoms with Gasteiger partial charge >= 0.3 is 192 Å². The van der Waals surface area contributed by atoms with Gasteiger partial charge in [0.2, 0.25) is 0 Å². The summed E-state index contributed by atoms with van der Waals surface area (Å²) in [7, 11) is 0. The van der Waals surface area contributed by atoms with E-state index in [-0.39, 0.29) is 24.4 Å². The molecule has 0 aromatic heterocycles. The van der Waals surface area contributed by atoms with Gasteiger partial charge in [-0.25, -0.2) is 0 Å². The van der Waals surface area contributed by atoms with Crippen molar-refractivity contribution in [3.63, 3.8) is 0 Å². The Morgan fingerprint density at radius 3 is 2.42 bits per heavy atom. The molecule has 1 aliphatic carbocycles. The van der Waals surface area contributed by atoms with E-state index in [1.165, 1.54) is 18.2 Å². The predicted molar refractivity (Wildman–Crippen MR) is 127 cm³/mol. The van der Waals surface area contributed by atoms with Gasteiger partial charge in [-0.15, -0.1) is 0 Å². The van der Waals surface area contributed by atoms with Crippen molar-refractivity contribution < 1.29 is 28.9 Å². The van der Waals surface area contributed by atoms with E-state index in [0.29, 0.717) is 23.1 Å². The fourth-order valence-electron chi connectivity index (χ4n) is 3.96. The number of aliphatic carboxylic acids is 2. The van der Waals surface area contributed by atoms with Gasteiger partial charge < -0.3 is 0 Å². The molecule has 0 spiro atoms. The molecule has 0 fully saturated rings. The normalized spacial score (nSPS) is 18.3. The molecule has 0 saturated heterocycles.